The molecule has 0 aromatic carbocycles. The molecule has 0 aliphatic carbocycles. The van der Waals surface area contributed by atoms with Gasteiger partial charge in [0.25, 0.3) is 0 Å². The summed E-state index contributed by atoms with van der Waals surface area (Å²) in [5.74, 6) is -3.20. The lowest BCUT2D eigenvalue weighted by atomic mass is 9.80. The van der Waals surface area contributed by atoms with E-state index in [1.54, 1.807) is 0 Å². The average molecular weight is 417 g/mol. The Hall–Kier alpha value is -1.30. The first-order valence-electron chi connectivity index (χ1n) is 9.11. The first-order chi connectivity index (χ1) is 12.5. The highest BCUT2D eigenvalue weighted by atomic mass is 28.4. The van der Waals surface area contributed by atoms with Crippen LogP contribution in [0.5, 0.6) is 0 Å². The third kappa shape index (κ3) is 8.08. The van der Waals surface area contributed by atoms with Gasteiger partial charge < -0.3 is 32.8 Å². The Balaban J connectivity index is 5.63. The van der Waals surface area contributed by atoms with Crippen molar-refractivity contribution in [1.82, 2.24) is 0 Å². The molecule has 154 valence electrons. The minimum atomic E-state index is -2.35. The highest BCUT2D eigenvalue weighted by Crippen LogP contribution is 2.28. The molecule has 0 saturated heterocycles. The van der Waals surface area contributed by atoms with Crippen LogP contribution in [-0.2, 0) is 32.8 Å². The molecule has 0 radical (unpaired) electrons. The fraction of sp³-hybridized carbons (Fsp3) is 0.722. The van der Waals surface area contributed by atoms with Crippen molar-refractivity contribution < 1.29 is 32.8 Å². The molecule has 0 fully saturated rings. The van der Waals surface area contributed by atoms with Gasteiger partial charge in [0.05, 0.1) is 11.6 Å². The van der Waals surface area contributed by atoms with Crippen LogP contribution in [0.3, 0.4) is 0 Å². The third-order valence-electron chi connectivity index (χ3n) is 4.35. The Morgan fingerprint density at radius 2 is 1.37 bits per heavy atom. The lowest BCUT2D eigenvalue weighted by Gasteiger charge is -2.39. The number of ether oxygens (including phenoxy) is 1. The lowest BCUT2D eigenvalue weighted by molar-refractivity contribution is -0.139. The highest BCUT2D eigenvalue weighted by molar-refractivity contribution is 6.84. The highest BCUT2D eigenvalue weighted by Gasteiger charge is 2.42. The molecule has 0 N–H and O–H groups in total. The van der Waals surface area contributed by atoms with Crippen LogP contribution in [0.25, 0.3) is 0 Å². The Bertz CT molecular complexity index is 516. The summed E-state index contributed by atoms with van der Waals surface area (Å²) >= 11 is 0. The molecule has 27 heavy (non-hydrogen) atoms. The summed E-state index contributed by atoms with van der Waals surface area (Å²) in [6.07, 6.45) is 1.57. The fourth-order valence-electron chi connectivity index (χ4n) is 3.29. The molecule has 9 heteroatoms. The second-order valence-corrected chi connectivity index (χ2v) is 17.0. The van der Waals surface area contributed by atoms with Crippen molar-refractivity contribution in [2.45, 2.75) is 64.3 Å². The van der Waals surface area contributed by atoms with Gasteiger partial charge in [0.15, 0.2) is 8.32 Å². The Morgan fingerprint density at radius 1 is 0.815 bits per heavy atom. The molecule has 5 unspecified atom stereocenters. The van der Waals surface area contributed by atoms with Crippen molar-refractivity contribution in [3.63, 3.8) is 0 Å². The second kappa shape index (κ2) is 11.5. The van der Waals surface area contributed by atoms with Crippen molar-refractivity contribution in [1.29, 1.82) is 0 Å². The predicted octanol–water partition coefficient (Wildman–Crippen LogP) is 1.98. The van der Waals surface area contributed by atoms with Crippen LogP contribution >= 0.6 is 0 Å². The Labute approximate surface area is 163 Å². The quantitative estimate of drug-likeness (QED) is 0.297. The van der Waals surface area contributed by atoms with Gasteiger partial charge in [-0.15, -0.1) is 0 Å². The van der Waals surface area contributed by atoms with Gasteiger partial charge in [-0.1, -0.05) is 6.92 Å². The number of hydrogen-bond donors (Lipinski definition) is 0. The van der Waals surface area contributed by atoms with E-state index in [2.05, 4.69) is 19.6 Å². The van der Waals surface area contributed by atoms with E-state index in [1.807, 2.05) is 20.0 Å². The molecule has 0 bridgehead atoms. The molecular formula is C18H32O7Si2. The Kier molecular flexibility index (Phi) is 11.0. The minimum Gasteiger partial charge on any atom is -0.454 e. The van der Waals surface area contributed by atoms with E-state index in [4.69, 9.17) is 8.85 Å². The largest absolute Gasteiger partial charge is 0.454 e. The maximum atomic E-state index is 11.7. The van der Waals surface area contributed by atoms with E-state index in [0.29, 0.717) is 37.9 Å². The summed E-state index contributed by atoms with van der Waals surface area (Å²) < 4.78 is 12.3. The maximum absolute atomic E-state index is 11.7. The van der Waals surface area contributed by atoms with Gasteiger partial charge in [-0.3, -0.25) is 0 Å². The summed E-state index contributed by atoms with van der Waals surface area (Å²) in [7, 11) is -4.20. The van der Waals surface area contributed by atoms with Gasteiger partial charge in [-0.2, -0.15) is 0 Å². The second-order valence-electron chi connectivity index (χ2n) is 8.08. The van der Waals surface area contributed by atoms with Crippen molar-refractivity contribution in [3.8, 4) is 0 Å². The maximum Gasteiger partial charge on any atom is 0.202 e. The van der Waals surface area contributed by atoms with Crippen molar-refractivity contribution in [3.05, 3.63) is 0 Å². The molecule has 5 atom stereocenters. The number of aldehydes is 5. The molecule has 0 rings (SSSR count). The van der Waals surface area contributed by atoms with E-state index in [-0.39, 0.29) is 12.1 Å². The van der Waals surface area contributed by atoms with Gasteiger partial charge >= 0.3 is 0 Å². The van der Waals surface area contributed by atoms with Gasteiger partial charge in [0, 0.05) is 18.3 Å². The smallest absolute Gasteiger partial charge is 0.202 e. The standard InChI is InChI=1S/C18H32O7Si2/c1-7-18(27(5,6)25-26(2,3)4)24-17(13-23)16(12-22)15(11-21)14(10-20)8-9-19/h9-18H,7-8H2,1-6H3. The zero-order valence-electron chi connectivity index (χ0n) is 17.0. The SMILES string of the molecule is CCC(OC(C=O)C(C=O)C(C=O)C(C=O)CC=O)[Si](C)(C)O[Si](C)(C)C. The molecule has 0 saturated carbocycles. The summed E-state index contributed by atoms with van der Waals surface area (Å²) in [6, 6.07) is 0. The van der Waals surface area contributed by atoms with E-state index in [1.165, 1.54) is 0 Å². The zero-order chi connectivity index (χ0) is 21.3. The van der Waals surface area contributed by atoms with Crippen LogP contribution in [0.4, 0.5) is 0 Å². The molecule has 7 nitrogen and oxygen atoms in total. The normalized spacial score (nSPS) is 17.9. The molecule has 0 spiro atoms. The van der Waals surface area contributed by atoms with Crippen LogP contribution in [0.2, 0.25) is 32.7 Å². The van der Waals surface area contributed by atoms with Gasteiger partial charge in [-0.25, -0.2) is 0 Å². The molecule has 0 heterocycles. The number of hydrogen-bond acceptors (Lipinski definition) is 7. The molecular weight excluding hydrogens is 384 g/mol. The minimum absolute atomic E-state index is 0.195. The monoisotopic (exact) mass is 416 g/mol. The van der Waals surface area contributed by atoms with Crippen molar-refractivity contribution in [2.75, 3.05) is 0 Å². The van der Waals surface area contributed by atoms with E-state index < -0.39 is 40.5 Å². The topological polar surface area (TPSA) is 104 Å². The summed E-state index contributed by atoms with van der Waals surface area (Å²) in [4.78, 5) is 56.9. The zero-order valence-corrected chi connectivity index (χ0v) is 19.0. The van der Waals surface area contributed by atoms with E-state index in [9.17, 15) is 24.0 Å². The van der Waals surface area contributed by atoms with Gasteiger partial charge in [0.2, 0.25) is 8.32 Å². The summed E-state index contributed by atoms with van der Waals surface area (Å²) in [5.41, 5.74) is -0.366. The molecule has 0 aromatic heterocycles. The third-order valence-corrected chi connectivity index (χ3v) is 11.0. The van der Waals surface area contributed by atoms with E-state index >= 15 is 0 Å². The van der Waals surface area contributed by atoms with Gasteiger partial charge in [-0.05, 0) is 39.2 Å². The van der Waals surface area contributed by atoms with Crippen LogP contribution < -0.4 is 0 Å². The van der Waals surface area contributed by atoms with Crippen LogP contribution in [-0.4, -0.2) is 59.9 Å². The number of rotatable bonds is 15. The van der Waals surface area contributed by atoms with Crippen LogP contribution in [0, 0.1) is 17.8 Å². The molecule has 0 amide bonds. The number of carbonyl (C=O) groups is 5. The first kappa shape index (κ1) is 25.7. The molecule has 0 aliphatic rings. The lowest BCUT2D eigenvalue weighted by Crippen LogP contribution is -2.54. The molecule has 0 aromatic rings. The predicted molar refractivity (Wildman–Crippen MR) is 106 cm³/mol. The summed E-state index contributed by atoms with van der Waals surface area (Å²) in [6.45, 7) is 12.1. The van der Waals surface area contributed by atoms with E-state index in [0.717, 1.165) is 0 Å². The van der Waals surface area contributed by atoms with Crippen molar-refractivity contribution >= 4 is 48.1 Å². The summed E-state index contributed by atoms with van der Waals surface area (Å²) in [5, 5.41) is 0. The van der Waals surface area contributed by atoms with Crippen LogP contribution in [0.1, 0.15) is 19.8 Å². The van der Waals surface area contributed by atoms with Crippen LogP contribution in [0.15, 0.2) is 0 Å². The Morgan fingerprint density at radius 3 is 1.70 bits per heavy atom. The average Bonchev–Trinajstić information content (AvgIpc) is 2.57. The first-order valence-corrected chi connectivity index (χ1v) is 15.5. The van der Waals surface area contributed by atoms with Gasteiger partial charge in [0.1, 0.15) is 37.5 Å². The van der Waals surface area contributed by atoms with Crippen molar-refractivity contribution in [2.24, 2.45) is 17.8 Å². The fourth-order valence-corrected chi connectivity index (χ4v) is 11.6. The number of carbonyl (C=O) groups excluding carboxylic acids is 5. The molecule has 0 aliphatic heterocycles.